The number of rotatable bonds is 12. The number of nitrogens with zero attached hydrogens (tertiary/aromatic N) is 1. The number of hydrogen-bond donors (Lipinski definition) is 2. The molecule has 3 N–H and O–H groups in total. The highest BCUT2D eigenvalue weighted by atomic mass is 16.5. The number of carboxylic acid groups (broad SMARTS) is 1. The average Bonchev–Trinajstić information content (AvgIpc) is 2.81. The highest BCUT2D eigenvalue weighted by Gasteiger charge is 2.14. The molecule has 7 nitrogen and oxygen atoms in total. The minimum Gasteiger partial charge on any atom is -0.487 e. The zero-order chi connectivity index (χ0) is 23.3. The first-order valence-electron chi connectivity index (χ1n) is 11.2. The van der Waals surface area contributed by atoms with Crippen LogP contribution in [0, 0.1) is 0 Å². The summed E-state index contributed by atoms with van der Waals surface area (Å²) in [5.74, 6) is -1.21. The van der Waals surface area contributed by atoms with Gasteiger partial charge in [-0.2, -0.15) is 0 Å². The maximum atomic E-state index is 12.5. The van der Waals surface area contributed by atoms with Gasteiger partial charge in [-0.15, -0.1) is 0 Å². The summed E-state index contributed by atoms with van der Waals surface area (Å²) in [6.45, 7) is 4.89. The molecule has 0 atom stereocenters. The summed E-state index contributed by atoms with van der Waals surface area (Å²) in [5.41, 5.74) is 3.24. The van der Waals surface area contributed by atoms with E-state index in [1.165, 1.54) is 25.3 Å². The van der Waals surface area contributed by atoms with Crippen molar-refractivity contribution in [3.63, 3.8) is 0 Å². The summed E-state index contributed by atoms with van der Waals surface area (Å²) in [5, 5.41) is 12.2. The van der Waals surface area contributed by atoms with E-state index in [-0.39, 0.29) is 18.4 Å². The molecule has 0 fully saturated rings. The highest BCUT2D eigenvalue weighted by Crippen LogP contribution is 2.22. The van der Waals surface area contributed by atoms with Crippen LogP contribution in [0.1, 0.15) is 51.5 Å². The molecular formula is C25H34N3O4+. The lowest BCUT2D eigenvalue weighted by molar-refractivity contribution is -0.364. The molecule has 2 rings (SSSR count). The number of ether oxygens (including phenoxy) is 1. The SMILES string of the molecule is CCCCCCCNC(=O)N(C)c1cccc(-c2ccc(C=C(OCC)C(=O)O)c[nH+]2)c1. The number of benzene rings is 1. The van der Waals surface area contributed by atoms with Crippen LogP contribution in [0.15, 0.2) is 48.4 Å². The Kier molecular flexibility index (Phi) is 10.2. The molecule has 0 radical (unpaired) electrons. The fraction of sp³-hybridized carbons (Fsp3) is 0.400. The van der Waals surface area contributed by atoms with Crippen LogP contribution in [0.3, 0.4) is 0 Å². The summed E-state index contributed by atoms with van der Waals surface area (Å²) in [6.07, 6.45) is 8.97. The Morgan fingerprint density at radius 3 is 2.56 bits per heavy atom. The smallest absolute Gasteiger partial charge is 0.371 e. The first kappa shape index (κ1) is 24.9. The van der Waals surface area contributed by atoms with Gasteiger partial charge in [-0.05, 0) is 37.6 Å². The molecule has 0 saturated heterocycles. The quantitative estimate of drug-likeness (QED) is 0.283. The van der Waals surface area contributed by atoms with Crippen LogP contribution in [0.5, 0.6) is 0 Å². The van der Waals surface area contributed by atoms with E-state index >= 15 is 0 Å². The number of aliphatic carboxylic acids is 1. The van der Waals surface area contributed by atoms with Gasteiger partial charge in [-0.25, -0.2) is 14.6 Å². The topological polar surface area (TPSA) is 93.0 Å². The molecular weight excluding hydrogens is 406 g/mol. The van der Waals surface area contributed by atoms with Gasteiger partial charge in [-0.3, -0.25) is 4.90 Å². The fourth-order valence-electron chi connectivity index (χ4n) is 3.22. The number of carbonyl (C=O) groups is 2. The third-order valence-corrected chi connectivity index (χ3v) is 5.05. The van der Waals surface area contributed by atoms with Gasteiger partial charge < -0.3 is 15.2 Å². The van der Waals surface area contributed by atoms with E-state index in [0.717, 1.165) is 29.8 Å². The molecule has 1 aromatic carbocycles. The number of urea groups is 1. The van der Waals surface area contributed by atoms with Crippen LogP contribution in [0.25, 0.3) is 17.3 Å². The fourth-order valence-corrected chi connectivity index (χ4v) is 3.22. The summed E-state index contributed by atoms with van der Waals surface area (Å²) in [7, 11) is 1.75. The molecule has 0 unspecified atom stereocenters. The van der Waals surface area contributed by atoms with E-state index in [9.17, 15) is 14.7 Å². The van der Waals surface area contributed by atoms with Gasteiger partial charge in [0.2, 0.25) is 11.5 Å². The molecule has 0 saturated carbocycles. The van der Waals surface area contributed by atoms with Crippen LogP contribution in [-0.4, -0.2) is 37.3 Å². The van der Waals surface area contributed by atoms with E-state index in [1.807, 2.05) is 36.4 Å². The van der Waals surface area contributed by atoms with Crippen molar-refractivity contribution in [3.8, 4) is 11.3 Å². The minimum absolute atomic E-state index is 0.103. The van der Waals surface area contributed by atoms with Crippen molar-refractivity contribution >= 4 is 23.8 Å². The zero-order valence-corrected chi connectivity index (χ0v) is 19.2. The number of aromatic amines is 1. The predicted molar refractivity (Wildman–Crippen MR) is 126 cm³/mol. The van der Waals surface area contributed by atoms with Gasteiger partial charge in [0.1, 0.15) is 0 Å². The van der Waals surface area contributed by atoms with Gasteiger partial charge in [-0.1, -0.05) is 38.7 Å². The van der Waals surface area contributed by atoms with Crippen molar-refractivity contribution in [2.24, 2.45) is 0 Å². The van der Waals surface area contributed by atoms with E-state index in [2.05, 4.69) is 17.2 Å². The molecule has 2 aromatic rings. The molecule has 7 heteroatoms. The van der Waals surface area contributed by atoms with Crippen molar-refractivity contribution in [1.82, 2.24) is 5.32 Å². The number of anilines is 1. The van der Waals surface area contributed by atoms with Gasteiger partial charge in [0, 0.05) is 42.5 Å². The Balaban J connectivity index is 2.03. The Morgan fingerprint density at radius 2 is 1.91 bits per heavy atom. The number of pyridine rings is 1. The molecule has 32 heavy (non-hydrogen) atoms. The number of nitrogens with one attached hydrogen (secondary N) is 2. The summed E-state index contributed by atoms with van der Waals surface area (Å²) in [6, 6.07) is 11.2. The lowest BCUT2D eigenvalue weighted by Gasteiger charge is -2.18. The van der Waals surface area contributed by atoms with Crippen LogP contribution >= 0.6 is 0 Å². The molecule has 172 valence electrons. The number of H-pyrrole nitrogens is 1. The average molecular weight is 441 g/mol. The monoisotopic (exact) mass is 440 g/mol. The molecule has 2 amide bonds. The molecule has 0 aliphatic rings. The number of carbonyl (C=O) groups excluding carboxylic acids is 1. The van der Waals surface area contributed by atoms with Gasteiger partial charge in [0.05, 0.1) is 6.61 Å². The highest BCUT2D eigenvalue weighted by molar-refractivity contribution is 5.92. The lowest BCUT2D eigenvalue weighted by Crippen LogP contribution is -2.37. The Labute approximate surface area is 190 Å². The second-order valence-electron chi connectivity index (χ2n) is 7.54. The lowest BCUT2D eigenvalue weighted by atomic mass is 10.1. The molecule has 1 heterocycles. The summed E-state index contributed by atoms with van der Waals surface area (Å²) < 4.78 is 5.14. The van der Waals surface area contributed by atoms with Crippen LogP contribution in [-0.2, 0) is 9.53 Å². The molecule has 0 bridgehead atoms. The van der Waals surface area contributed by atoms with Gasteiger partial charge >= 0.3 is 12.0 Å². The van der Waals surface area contributed by atoms with Crippen molar-refractivity contribution in [2.75, 3.05) is 25.1 Å². The maximum Gasteiger partial charge on any atom is 0.371 e. The largest absolute Gasteiger partial charge is 0.487 e. The molecule has 0 aliphatic heterocycles. The number of amides is 2. The Hall–Kier alpha value is -3.35. The van der Waals surface area contributed by atoms with E-state index in [4.69, 9.17) is 4.74 Å². The third-order valence-electron chi connectivity index (χ3n) is 5.05. The zero-order valence-electron chi connectivity index (χ0n) is 19.2. The van der Waals surface area contributed by atoms with Crippen LogP contribution in [0.2, 0.25) is 0 Å². The van der Waals surface area contributed by atoms with E-state index < -0.39 is 5.97 Å². The van der Waals surface area contributed by atoms with Crippen molar-refractivity contribution in [3.05, 3.63) is 53.9 Å². The van der Waals surface area contributed by atoms with Gasteiger partial charge in [0.25, 0.3) is 0 Å². The van der Waals surface area contributed by atoms with E-state index in [1.54, 1.807) is 25.1 Å². The minimum atomic E-state index is -1.11. The molecule has 0 spiro atoms. The first-order valence-corrected chi connectivity index (χ1v) is 11.2. The number of aromatic nitrogens is 1. The van der Waals surface area contributed by atoms with Crippen LogP contribution in [0.4, 0.5) is 10.5 Å². The van der Waals surface area contributed by atoms with Crippen molar-refractivity contribution in [2.45, 2.75) is 46.0 Å². The predicted octanol–water partition coefficient (Wildman–Crippen LogP) is 4.75. The first-order chi connectivity index (χ1) is 15.5. The normalized spacial score (nSPS) is 11.2. The summed E-state index contributed by atoms with van der Waals surface area (Å²) >= 11 is 0. The van der Waals surface area contributed by atoms with Crippen molar-refractivity contribution in [1.29, 1.82) is 0 Å². The van der Waals surface area contributed by atoms with Crippen LogP contribution < -0.4 is 15.2 Å². The third kappa shape index (κ3) is 7.72. The standard InChI is InChI=1S/C25H33N3O4/c1-4-6-7-8-9-15-26-25(31)28(3)21-12-10-11-20(17-21)22-14-13-19(18-27-22)16-23(24(29)30)32-5-2/h10-14,16-18H,4-9,15H2,1-3H3,(H,26,31)(H,29,30)/p+1. The van der Waals surface area contributed by atoms with E-state index in [0.29, 0.717) is 12.1 Å². The second kappa shape index (κ2) is 13.1. The van der Waals surface area contributed by atoms with Crippen molar-refractivity contribution < 1.29 is 24.4 Å². The Morgan fingerprint density at radius 1 is 1.12 bits per heavy atom. The van der Waals surface area contributed by atoms with Gasteiger partial charge in [0.15, 0.2) is 6.20 Å². The Bertz CT molecular complexity index is 910. The number of unbranched alkanes of at least 4 members (excludes halogenated alkanes) is 4. The number of hydrogen-bond acceptors (Lipinski definition) is 3. The molecule has 0 aliphatic carbocycles. The number of carboxylic acids is 1. The molecule has 1 aromatic heterocycles. The maximum absolute atomic E-state index is 12.5. The second-order valence-corrected chi connectivity index (χ2v) is 7.54. The summed E-state index contributed by atoms with van der Waals surface area (Å²) in [4.78, 5) is 28.5.